The molecule has 2 amide bonds. The van der Waals surface area contributed by atoms with Crippen molar-refractivity contribution in [2.45, 2.75) is 32.6 Å². The van der Waals surface area contributed by atoms with Crippen LogP contribution in [0, 0.1) is 5.92 Å². The molecule has 2 aromatic carbocycles. The van der Waals surface area contributed by atoms with Crippen molar-refractivity contribution in [1.82, 2.24) is 0 Å². The Kier molecular flexibility index (Phi) is 6.75. The summed E-state index contributed by atoms with van der Waals surface area (Å²) in [5, 5.41) is 2.86. The van der Waals surface area contributed by atoms with E-state index in [1.54, 1.807) is 0 Å². The normalized spacial score (nSPS) is 14.7. The number of carbonyl (C=O) groups excluding carboxylic acids is 2. The van der Waals surface area contributed by atoms with Gasteiger partial charge in [-0.05, 0) is 60.7 Å². The molecule has 0 aromatic heterocycles. The first-order valence-corrected chi connectivity index (χ1v) is 10.1. The molecular weight excluding hydrogens is 366 g/mol. The highest BCUT2D eigenvalue weighted by atomic mass is 16.5. The van der Waals surface area contributed by atoms with Crippen molar-refractivity contribution in [3.63, 3.8) is 0 Å². The molecule has 0 spiro atoms. The zero-order chi connectivity index (χ0) is 20.8. The lowest BCUT2D eigenvalue weighted by molar-refractivity contribution is -0.122. The van der Waals surface area contributed by atoms with E-state index in [0.717, 1.165) is 37.3 Å². The minimum absolute atomic E-state index is 0.0222. The van der Waals surface area contributed by atoms with Crippen LogP contribution in [-0.2, 0) is 9.59 Å². The van der Waals surface area contributed by atoms with E-state index < -0.39 is 0 Å². The molecule has 0 unspecified atom stereocenters. The number of nitrogens with one attached hydrogen (secondary N) is 1. The number of primary amides is 1. The molecule has 6 nitrogen and oxygen atoms in total. The molecular formula is C23H29N3O3. The molecule has 2 aromatic rings. The average Bonchev–Trinajstić information content (AvgIpc) is 2.73. The third-order valence-corrected chi connectivity index (χ3v) is 5.31. The maximum atomic E-state index is 12.2. The molecule has 0 bridgehead atoms. The van der Waals surface area contributed by atoms with Crippen LogP contribution in [0.15, 0.2) is 48.5 Å². The Bertz CT molecular complexity index is 841. The quantitative estimate of drug-likeness (QED) is 0.751. The lowest BCUT2D eigenvalue weighted by atomic mass is 9.96. The second-order valence-electron chi connectivity index (χ2n) is 7.77. The van der Waals surface area contributed by atoms with E-state index in [2.05, 4.69) is 30.1 Å². The highest BCUT2D eigenvalue weighted by molar-refractivity contribution is 5.92. The standard InChI is InChI=1S/C23H29N3O3/c1-16(2)18-4-3-5-21(14-18)29-15-22(27)25-19-6-8-20(9-7-19)26-12-10-17(11-13-26)23(24)28/h3-9,14,16-17H,10-13,15H2,1-2H3,(H2,24,28)(H,25,27). The molecule has 6 heteroatoms. The van der Waals surface area contributed by atoms with Crippen LogP contribution in [0.5, 0.6) is 5.75 Å². The SMILES string of the molecule is CC(C)c1cccc(OCC(=O)Nc2ccc(N3CCC(C(N)=O)CC3)cc2)c1. The number of ether oxygens (including phenoxy) is 1. The number of nitrogens with zero attached hydrogens (tertiary/aromatic N) is 1. The van der Waals surface area contributed by atoms with Crippen LogP contribution in [0.25, 0.3) is 0 Å². The Labute approximate surface area is 172 Å². The maximum absolute atomic E-state index is 12.2. The van der Waals surface area contributed by atoms with E-state index in [1.165, 1.54) is 5.56 Å². The minimum Gasteiger partial charge on any atom is -0.484 e. The summed E-state index contributed by atoms with van der Waals surface area (Å²) in [5.41, 5.74) is 8.37. The van der Waals surface area contributed by atoms with Crippen LogP contribution in [0.4, 0.5) is 11.4 Å². The van der Waals surface area contributed by atoms with Crippen molar-refractivity contribution in [2.24, 2.45) is 11.7 Å². The molecule has 0 aliphatic carbocycles. The number of benzene rings is 2. The number of carbonyl (C=O) groups is 2. The summed E-state index contributed by atoms with van der Waals surface area (Å²) in [6.45, 7) is 5.82. The average molecular weight is 396 g/mol. The van der Waals surface area contributed by atoms with Gasteiger partial charge in [0.05, 0.1) is 0 Å². The molecule has 3 rings (SSSR count). The molecule has 29 heavy (non-hydrogen) atoms. The minimum atomic E-state index is -0.208. The number of amides is 2. The van der Waals surface area contributed by atoms with Gasteiger partial charge in [0, 0.05) is 30.4 Å². The van der Waals surface area contributed by atoms with Crippen LogP contribution in [0.3, 0.4) is 0 Å². The van der Waals surface area contributed by atoms with Gasteiger partial charge >= 0.3 is 0 Å². The molecule has 154 valence electrons. The van der Waals surface area contributed by atoms with Gasteiger partial charge in [0.2, 0.25) is 5.91 Å². The molecule has 1 aliphatic heterocycles. The van der Waals surface area contributed by atoms with E-state index in [4.69, 9.17) is 10.5 Å². The number of rotatable bonds is 7. The summed E-state index contributed by atoms with van der Waals surface area (Å²) in [4.78, 5) is 25.7. The molecule has 1 aliphatic rings. The smallest absolute Gasteiger partial charge is 0.262 e. The van der Waals surface area contributed by atoms with Gasteiger partial charge in [0.15, 0.2) is 6.61 Å². The lowest BCUT2D eigenvalue weighted by Crippen LogP contribution is -2.38. The Hall–Kier alpha value is -3.02. The predicted molar refractivity (Wildman–Crippen MR) is 115 cm³/mol. The van der Waals surface area contributed by atoms with E-state index in [1.807, 2.05) is 42.5 Å². The Morgan fingerprint density at radius 2 is 1.83 bits per heavy atom. The monoisotopic (exact) mass is 395 g/mol. The van der Waals surface area contributed by atoms with Crippen LogP contribution >= 0.6 is 0 Å². The van der Waals surface area contributed by atoms with Crippen LogP contribution in [-0.4, -0.2) is 31.5 Å². The lowest BCUT2D eigenvalue weighted by Gasteiger charge is -2.32. The fraction of sp³-hybridized carbons (Fsp3) is 0.391. The summed E-state index contributed by atoms with van der Waals surface area (Å²) < 4.78 is 5.62. The van der Waals surface area contributed by atoms with Crippen LogP contribution in [0.1, 0.15) is 38.2 Å². The largest absolute Gasteiger partial charge is 0.484 e. The molecule has 3 N–H and O–H groups in total. The molecule has 0 saturated carbocycles. The number of hydrogen-bond donors (Lipinski definition) is 2. The first-order chi connectivity index (χ1) is 13.9. The van der Waals surface area contributed by atoms with Gasteiger partial charge in [-0.3, -0.25) is 9.59 Å². The molecule has 0 radical (unpaired) electrons. The van der Waals surface area contributed by atoms with Crippen LogP contribution < -0.4 is 20.7 Å². The predicted octanol–water partition coefficient (Wildman–Crippen LogP) is 3.53. The van der Waals surface area contributed by atoms with Crippen molar-refractivity contribution in [1.29, 1.82) is 0 Å². The maximum Gasteiger partial charge on any atom is 0.262 e. The number of nitrogens with two attached hydrogens (primary N) is 1. The second kappa shape index (κ2) is 9.45. The number of anilines is 2. The number of piperidine rings is 1. The van der Waals surface area contributed by atoms with Crippen molar-refractivity contribution in [2.75, 3.05) is 29.9 Å². The second-order valence-corrected chi connectivity index (χ2v) is 7.77. The summed E-state index contributed by atoms with van der Waals surface area (Å²) >= 11 is 0. The number of hydrogen-bond acceptors (Lipinski definition) is 4. The zero-order valence-electron chi connectivity index (χ0n) is 17.1. The highest BCUT2D eigenvalue weighted by Crippen LogP contribution is 2.24. The Morgan fingerprint density at radius 1 is 1.14 bits per heavy atom. The molecule has 1 saturated heterocycles. The zero-order valence-corrected chi connectivity index (χ0v) is 17.1. The van der Waals surface area contributed by atoms with Gasteiger partial charge in [-0.2, -0.15) is 0 Å². The van der Waals surface area contributed by atoms with Gasteiger partial charge in [0.25, 0.3) is 5.91 Å². The molecule has 1 fully saturated rings. The van der Waals surface area contributed by atoms with E-state index >= 15 is 0 Å². The Morgan fingerprint density at radius 3 is 2.45 bits per heavy atom. The van der Waals surface area contributed by atoms with Crippen LogP contribution in [0.2, 0.25) is 0 Å². The van der Waals surface area contributed by atoms with Gasteiger partial charge in [-0.15, -0.1) is 0 Å². The van der Waals surface area contributed by atoms with Crippen molar-refractivity contribution >= 4 is 23.2 Å². The summed E-state index contributed by atoms with van der Waals surface area (Å²) in [6.07, 6.45) is 1.56. The van der Waals surface area contributed by atoms with E-state index in [-0.39, 0.29) is 24.3 Å². The Balaban J connectivity index is 1.49. The van der Waals surface area contributed by atoms with E-state index in [9.17, 15) is 9.59 Å². The fourth-order valence-electron chi connectivity index (χ4n) is 3.49. The van der Waals surface area contributed by atoms with Gasteiger partial charge in [-0.25, -0.2) is 0 Å². The van der Waals surface area contributed by atoms with Gasteiger partial charge < -0.3 is 20.7 Å². The topological polar surface area (TPSA) is 84.7 Å². The first kappa shape index (κ1) is 20.7. The summed E-state index contributed by atoms with van der Waals surface area (Å²) in [6, 6.07) is 15.5. The van der Waals surface area contributed by atoms with Gasteiger partial charge in [0.1, 0.15) is 5.75 Å². The fourth-order valence-corrected chi connectivity index (χ4v) is 3.49. The molecule has 1 heterocycles. The van der Waals surface area contributed by atoms with Crippen molar-refractivity contribution in [3.05, 3.63) is 54.1 Å². The third kappa shape index (κ3) is 5.73. The van der Waals surface area contributed by atoms with Crippen molar-refractivity contribution < 1.29 is 14.3 Å². The summed E-state index contributed by atoms with van der Waals surface area (Å²) in [7, 11) is 0. The van der Waals surface area contributed by atoms with Gasteiger partial charge in [-0.1, -0.05) is 26.0 Å². The first-order valence-electron chi connectivity index (χ1n) is 10.1. The molecule has 0 atom stereocenters. The van der Waals surface area contributed by atoms with E-state index in [0.29, 0.717) is 11.7 Å². The summed E-state index contributed by atoms with van der Waals surface area (Å²) in [5.74, 6) is 0.676. The van der Waals surface area contributed by atoms with Crippen molar-refractivity contribution in [3.8, 4) is 5.75 Å². The highest BCUT2D eigenvalue weighted by Gasteiger charge is 2.23. The third-order valence-electron chi connectivity index (χ3n) is 5.31.